The maximum absolute atomic E-state index is 4.54. The highest BCUT2D eigenvalue weighted by molar-refractivity contribution is 5.62. The molecule has 1 N–H and O–H groups in total. The monoisotopic (exact) mass is 256 g/mol. The largest absolute Gasteiger partial charge is 0.354 e. The second kappa shape index (κ2) is 5.78. The summed E-state index contributed by atoms with van der Waals surface area (Å²) in [6.45, 7) is 9.18. The van der Waals surface area contributed by atoms with Crippen molar-refractivity contribution in [1.82, 2.24) is 15.0 Å². The van der Waals surface area contributed by atoms with Crippen molar-refractivity contribution in [3.8, 4) is 11.3 Å². The molecule has 0 aromatic carbocycles. The Hall–Kier alpha value is -1.97. The van der Waals surface area contributed by atoms with Crippen LogP contribution in [0.1, 0.15) is 25.2 Å². The first kappa shape index (κ1) is 13.5. The molecule has 2 heterocycles. The van der Waals surface area contributed by atoms with E-state index in [4.69, 9.17) is 0 Å². The van der Waals surface area contributed by atoms with Crippen LogP contribution in [-0.4, -0.2) is 21.5 Å². The number of anilines is 1. The summed E-state index contributed by atoms with van der Waals surface area (Å²) in [6, 6.07) is 5.98. The molecular weight excluding hydrogens is 236 g/mol. The molecule has 0 saturated carbocycles. The first-order valence-electron chi connectivity index (χ1n) is 6.58. The summed E-state index contributed by atoms with van der Waals surface area (Å²) in [4.78, 5) is 13.3. The molecular formula is C15H20N4. The van der Waals surface area contributed by atoms with Gasteiger partial charge in [0.1, 0.15) is 0 Å². The Morgan fingerprint density at radius 2 is 1.89 bits per heavy atom. The van der Waals surface area contributed by atoms with Crippen molar-refractivity contribution in [2.45, 2.75) is 27.7 Å². The Morgan fingerprint density at radius 1 is 1.11 bits per heavy atom. The minimum Gasteiger partial charge on any atom is -0.354 e. The molecule has 0 unspecified atom stereocenters. The van der Waals surface area contributed by atoms with E-state index in [1.807, 2.05) is 26.0 Å². The Balaban J connectivity index is 2.27. The van der Waals surface area contributed by atoms with Gasteiger partial charge in [-0.2, -0.15) is 0 Å². The lowest BCUT2D eigenvalue weighted by Gasteiger charge is -2.09. The van der Waals surface area contributed by atoms with Gasteiger partial charge >= 0.3 is 0 Å². The molecule has 0 radical (unpaired) electrons. The van der Waals surface area contributed by atoms with Crippen LogP contribution in [0.15, 0.2) is 24.4 Å². The molecule has 0 aliphatic heterocycles. The summed E-state index contributed by atoms with van der Waals surface area (Å²) >= 11 is 0. The van der Waals surface area contributed by atoms with Gasteiger partial charge in [-0.1, -0.05) is 13.8 Å². The van der Waals surface area contributed by atoms with E-state index in [1.165, 1.54) is 0 Å². The highest BCUT2D eigenvalue weighted by Gasteiger charge is 2.06. The van der Waals surface area contributed by atoms with E-state index in [0.29, 0.717) is 11.9 Å². The van der Waals surface area contributed by atoms with E-state index >= 15 is 0 Å². The minimum absolute atomic E-state index is 0.565. The molecule has 0 aliphatic carbocycles. The summed E-state index contributed by atoms with van der Waals surface area (Å²) in [5, 5.41) is 3.24. The molecule has 0 fully saturated rings. The van der Waals surface area contributed by atoms with Crippen LogP contribution in [0.25, 0.3) is 11.3 Å². The van der Waals surface area contributed by atoms with Gasteiger partial charge in [0, 0.05) is 29.7 Å². The van der Waals surface area contributed by atoms with Crippen LogP contribution in [-0.2, 0) is 0 Å². The molecule has 0 atom stereocenters. The van der Waals surface area contributed by atoms with Crippen molar-refractivity contribution < 1.29 is 0 Å². The van der Waals surface area contributed by atoms with Crippen molar-refractivity contribution in [2.24, 2.45) is 5.92 Å². The zero-order valence-corrected chi connectivity index (χ0v) is 11.9. The number of hydrogen-bond acceptors (Lipinski definition) is 4. The van der Waals surface area contributed by atoms with Gasteiger partial charge in [0.2, 0.25) is 5.95 Å². The van der Waals surface area contributed by atoms with Gasteiger partial charge < -0.3 is 5.32 Å². The van der Waals surface area contributed by atoms with Crippen molar-refractivity contribution in [2.75, 3.05) is 11.9 Å². The molecule has 4 heteroatoms. The fourth-order valence-electron chi connectivity index (χ4n) is 1.85. The van der Waals surface area contributed by atoms with Crippen molar-refractivity contribution in [3.05, 3.63) is 35.8 Å². The predicted molar refractivity (Wildman–Crippen MR) is 78.1 cm³/mol. The molecule has 2 aromatic rings. The van der Waals surface area contributed by atoms with Gasteiger partial charge in [-0.25, -0.2) is 9.97 Å². The fraction of sp³-hybridized carbons (Fsp3) is 0.400. The minimum atomic E-state index is 0.565. The number of aromatic nitrogens is 3. The van der Waals surface area contributed by atoms with Crippen molar-refractivity contribution in [1.29, 1.82) is 0 Å². The average Bonchev–Trinajstić information content (AvgIpc) is 2.36. The lowest BCUT2D eigenvalue weighted by Crippen LogP contribution is -2.10. The lowest BCUT2D eigenvalue weighted by atomic mass is 10.1. The molecule has 0 spiro atoms. The number of rotatable bonds is 4. The van der Waals surface area contributed by atoms with Crippen LogP contribution < -0.4 is 5.32 Å². The van der Waals surface area contributed by atoms with Gasteiger partial charge in [0.25, 0.3) is 0 Å². The van der Waals surface area contributed by atoms with Crippen LogP contribution in [0.4, 0.5) is 5.95 Å². The molecule has 0 amide bonds. The van der Waals surface area contributed by atoms with Crippen LogP contribution in [0.3, 0.4) is 0 Å². The highest BCUT2D eigenvalue weighted by Crippen LogP contribution is 2.20. The molecule has 0 bridgehead atoms. The van der Waals surface area contributed by atoms with E-state index in [-0.39, 0.29) is 0 Å². The quantitative estimate of drug-likeness (QED) is 0.912. The number of pyridine rings is 1. The Labute approximate surface area is 114 Å². The molecule has 0 saturated heterocycles. The number of nitrogens with one attached hydrogen (secondary N) is 1. The lowest BCUT2D eigenvalue weighted by molar-refractivity contribution is 0.684. The molecule has 0 aliphatic rings. The standard InChI is InChI=1S/C15H20N4/c1-10(2)9-17-15-16-8-7-14(19-15)13-6-5-11(3)18-12(13)4/h5-8,10H,9H2,1-4H3,(H,16,17,19). The number of aryl methyl sites for hydroxylation is 2. The fourth-order valence-corrected chi connectivity index (χ4v) is 1.85. The molecule has 4 nitrogen and oxygen atoms in total. The maximum atomic E-state index is 4.54. The maximum Gasteiger partial charge on any atom is 0.223 e. The zero-order chi connectivity index (χ0) is 13.8. The number of nitrogens with zero attached hydrogens (tertiary/aromatic N) is 3. The summed E-state index contributed by atoms with van der Waals surface area (Å²) in [6.07, 6.45) is 1.78. The third-order valence-corrected chi connectivity index (χ3v) is 2.83. The SMILES string of the molecule is Cc1ccc(-c2ccnc(NCC(C)C)n2)c(C)n1. The van der Waals surface area contributed by atoms with E-state index in [0.717, 1.165) is 29.2 Å². The molecule has 2 rings (SSSR count). The zero-order valence-electron chi connectivity index (χ0n) is 11.9. The van der Waals surface area contributed by atoms with Crippen LogP contribution in [0.2, 0.25) is 0 Å². The Bertz CT molecular complexity index is 564. The topological polar surface area (TPSA) is 50.7 Å². The summed E-state index contributed by atoms with van der Waals surface area (Å²) in [7, 11) is 0. The van der Waals surface area contributed by atoms with E-state index < -0.39 is 0 Å². The van der Waals surface area contributed by atoms with Crippen LogP contribution in [0.5, 0.6) is 0 Å². The van der Waals surface area contributed by atoms with E-state index in [1.54, 1.807) is 6.20 Å². The van der Waals surface area contributed by atoms with E-state index in [9.17, 15) is 0 Å². The van der Waals surface area contributed by atoms with Gasteiger partial charge in [-0.15, -0.1) is 0 Å². The normalized spacial score (nSPS) is 10.8. The molecule has 19 heavy (non-hydrogen) atoms. The smallest absolute Gasteiger partial charge is 0.223 e. The van der Waals surface area contributed by atoms with E-state index in [2.05, 4.69) is 40.2 Å². The highest BCUT2D eigenvalue weighted by atomic mass is 15.1. The van der Waals surface area contributed by atoms with Crippen LogP contribution in [0, 0.1) is 19.8 Å². The summed E-state index contributed by atoms with van der Waals surface area (Å²) in [5.41, 5.74) is 3.98. The third-order valence-electron chi connectivity index (χ3n) is 2.83. The second-order valence-corrected chi connectivity index (χ2v) is 5.13. The van der Waals surface area contributed by atoms with Crippen LogP contribution >= 0.6 is 0 Å². The average molecular weight is 256 g/mol. The summed E-state index contributed by atoms with van der Waals surface area (Å²) < 4.78 is 0. The van der Waals surface area contributed by atoms with Gasteiger partial charge in [0.15, 0.2) is 0 Å². The predicted octanol–water partition coefficient (Wildman–Crippen LogP) is 3.22. The van der Waals surface area contributed by atoms with Crippen molar-refractivity contribution in [3.63, 3.8) is 0 Å². The number of hydrogen-bond donors (Lipinski definition) is 1. The third kappa shape index (κ3) is 3.50. The van der Waals surface area contributed by atoms with Gasteiger partial charge in [-0.3, -0.25) is 4.98 Å². The Morgan fingerprint density at radius 3 is 2.58 bits per heavy atom. The first-order chi connectivity index (χ1) is 9.06. The van der Waals surface area contributed by atoms with Gasteiger partial charge in [0.05, 0.1) is 5.69 Å². The van der Waals surface area contributed by atoms with Crippen molar-refractivity contribution >= 4 is 5.95 Å². The summed E-state index contributed by atoms with van der Waals surface area (Å²) in [5.74, 6) is 1.24. The Kier molecular flexibility index (Phi) is 4.10. The molecule has 2 aromatic heterocycles. The first-order valence-corrected chi connectivity index (χ1v) is 6.58. The van der Waals surface area contributed by atoms with Gasteiger partial charge in [-0.05, 0) is 38.0 Å². The molecule has 100 valence electrons. The second-order valence-electron chi connectivity index (χ2n) is 5.13.